The minimum absolute atomic E-state index is 0.497. The molecule has 0 aliphatic heterocycles. The van der Waals surface area contributed by atoms with Gasteiger partial charge in [-0.1, -0.05) is 0 Å². The van der Waals surface area contributed by atoms with Gasteiger partial charge >= 0.3 is 119 Å². The van der Waals surface area contributed by atoms with Crippen LogP contribution < -0.4 is 0 Å². The average Bonchev–Trinajstić information content (AvgIpc) is 2.21. The summed E-state index contributed by atoms with van der Waals surface area (Å²) in [6, 6.07) is 0. The first kappa shape index (κ1) is 18.2. The van der Waals surface area contributed by atoms with Gasteiger partial charge < -0.3 is 0 Å². The minimum atomic E-state index is -3.55. The van der Waals surface area contributed by atoms with E-state index in [0.29, 0.717) is 37.6 Å². The Morgan fingerprint density at radius 2 is 0.941 bits per heavy atom. The van der Waals surface area contributed by atoms with Gasteiger partial charge in [-0.05, 0) is 0 Å². The Bertz CT molecular complexity index is 167. The molecule has 0 spiro atoms. The van der Waals surface area contributed by atoms with Crippen LogP contribution in [0, 0.1) is 17.8 Å². The van der Waals surface area contributed by atoms with Crippen LogP contribution in [-0.2, 0) is 27.5 Å². The Morgan fingerprint density at radius 3 is 1.12 bits per heavy atom. The van der Waals surface area contributed by atoms with Gasteiger partial charge in [0.25, 0.3) is 0 Å². The van der Waals surface area contributed by atoms with Crippen molar-refractivity contribution in [2.45, 2.75) is 41.5 Å². The Hall–Kier alpha value is 1.23. The third-order valence-corrected chi connectivity index (χ3v) is 12.9. The van der Waals surface area contributed by atoms with Gasteiger partial charge in [-0.2, -0.15) is 0 Å². The van der Waals surface area contributed by atoms with E-state index >= 15 is 0 Å². The van der Waals surface area contributed by atoms with Crippen molar-refractivity contribution in [3.05, 3.63) is 0 Å². The summed E-state index contributed by atoms with van der Waals surface area (Å²) in [5.41, 5.74) is 0. The van der Waals surface area contributed by atoms with Crippen LogP contribution in [0.3, 0.4) is 0 Å². The maximum absolute atomic E-state index is 5.89. The summed E-state index contributed by atoms with van der Waals surface area (Å²) >= 11 is 0.0811. The fraction of sp³-hybridized carbons (Fsp3) is 1.00. The van der Waals surface area contributed by atoms with Crippen molar-refractivity contribution in [3.63, 3.8) is 0 Å². The van der Waals surface area contributed by atoms with Crippen molar-refractivity contribution in [2.24, 2.45) is 17.8 Å². The molecule has 0 bridgehead atoms. The summed E-state index contributed by atoms with van der Waals surface area (Å²) in [4.78, 5) is 0. The molecule has 3 nitrogen and oxygen atoms in total. The molecule has 0 aromatic carbocycles. The van der Waals surface area contributed by atoms with Gasteiger partial charge in [0.1, 0.15) is 0 Å². The Labute approximate surface area is 118 Å². The number of halogens is 1. The first-order valence-corrected chi connectivity index (χ1v) is 18.6. The van der Waals surface area contributed by atoms with Crippen LogP contribution in [0.1, 0.15) is 41.5 Å². The van der Waals surface area contributed by atoms with E-state index in [-0.39, 0.29) is 0 Å². The molecule has 0 radical (unpaired) electrons. The average molecular weight is 478 g/mol. The van der Waals surface area contributed by atoms with Crippen molar-refractivity contribution in [1.82, 2.24) is 0 Å². The van der Waals surface area contributed by atoms with Crippen LogP contribution in [-0.4, -0.2) is 19.8 Å². The summed E-state index contributed by atoms with van der Waals surface area (Å²) < 4.78 is 17.7. The molecule has 0 amide bonds. The summed E-state index contributed by atoms with van der Waals surface area (Å²) in [5, 5.41) is 0. The van der Waals surface area contributed by atoms with Crippen LogP contribution in [0.4, 0.5) is 0 Å². The van der Waals surface area contributed by atoms with Crippen molar-refractivity contribution >= 4 is 12.3 Å². The van der Waals surface area contributed by atoms with Crippen LogP contribution in [0.5, 0.6) is 0 Å². The summed E-state index contributed by atoms with van der Waals surface area (Å²) in [6.45, 7) is 14.9. The van der Waals surface area contributed by atoms with Gasteiger partial charge in [0.15, 0.2) is 0 Å². The van der Waals surface area contributed by atoms with Gasteiger partial charge in [0.05, 0.1) is 0 Å². The van der Waals surface area contributed by atoms with Crippen molar-refractivity contribution < 1.29 is 27.5 Å². The molecule has 0 atom stereocenters. The normalized spacial score (nSPS) is 13.1. The van der Waals surface area contributed by atoms with E-state index < -0.39 is 18.9 Å². The van der Waals surface area contributed by atoms with Gasteiger partial charge in [0.2, 0.25) is 0 Å². The fourth-order valence-corrected chi connectivity index (χ4v) is 10.8. The molecule has 0 aromatic heterocycles. The molecule has 0 unspecified atom stereocenters. The molecular weight excluding hydrogens is 451 g/mol. The Balaban J connectivity index is 4.23. The maximum atomic E-state index is 5.89. The topological polar surface area (TPSA) is 27.7 Å². The van der Waals surface area contributed by atoms with Crippen molar-refractivity contribution in [2.75, 3.05) is 19.8 Å². The Morgan fingerprint density at radius 1 is 0.706 bits per heavy atom. The quantitative estimate of drug-likeness (QED) is 0.466. The molecule has 0 aliphatic carbocycles. The molecule has 0 rings (SSSR count). The van der Waals surface area contributed by atoms with Gasteiger partial charge in [-0.15, -0.1) is 0 Å². The predicted molar refractivity (Wildman–Crippen MR) is 71.3 cm³/mol. The van der Waals surface area contributed by atoms with Crippen molar-refractivity contribution in [1.29, 1.82) is 0 Å². The predicted octanol–water partition coefficient (Wildman–Crippen LogP) is 4.21. The van der Waals surface area contributed by atoms with E-state index in [0.717, 1.165) is 0 Å². The number of hydrogen-bond acceptors (Lipinski definition) is 3. The second-order valence-corrected chi connectivity index (χ2v) is 20.1. The summed E-state index contributed by atoms with van der Waals surface area (Å²) in [6.07, 6.45) is 0. The third-order valence-electron chi connectivity index (χ3n) is 1.77. The third kappa shape index (κ3) is 10.8. The molecule has 0 aliphatic rings. The van der Waals surface area contributed by atoms with E-state index in [9.17, 15) is 0 Å². The van der Waals surface area contributed by atoms with E-state index in [2.05, 4.69) is 53.8 Å². The number of hydrogen-bond donors (Lipinski definition) is 0. The molecule has 104 valence electrons. The second-order valence-electron chi connectivity index (χ2n) is 5.60. The van der Waals surface area contributed by atoms with E-state index in [4.69, 9.17) is 8.56 Å². The monoisotopic (exact) mass is 478 g/mol. The standard InChI is InChI=1S/3C4H9O.BrH.Hf/c3*1-4(2)3-5;;/h3*4H,3H2,1-2H3;1H;/q3*-1;;+4/p-1. The van der Waals surface area contributed by atoms with Crippen molar-refractivity contribution in [3.8, 4) is 0 Å². The first-order valence-electron chi connectivity index (χ1n) is 6.36. The molecule has 5 heteroatoms. The second kappa shape index (κ2) is 9.18. The van der Waals surface area contributed by atoms with E-state index in [1.165, 1.54) is 0 Å². The molecule has 0 fully saturated rings. The molecule has 0 heterocycles. The SMILES string of the molecule is CC(C)C[O][Hf]([Br])([O]CC(C)C)[O]CC(C)C. The molecule has 0 saturated heterocycles. The van der Waals surface area contributed by atoms with Gasteiger partial charge in [-0.3, -0.25) is 0 Å². The molecular formula is C12H27BrHfO3. The molecule has 0 N–H and O–H groups in total. The van der Waals surface area contributed by atoms with E-state index in [1.807, 2.05) is 0 Å². The Kier molecular flexibility index (Phi) is 9.85. The zero-order chi connectivity index (χ0) is 13.5. The van der Waals surface area contributed by atoms with Gasteiger partial charge in [0, 0.05) is 0 Å². The zero-order valence-corrected chi connectivity index (χ0v) is 17.1. The van der Waals surface area contributed by atoms with Crippen LogP contribution in [0.15, 0.2) is 0 Å². The van der Waals surface area contributed by atoms with Crippen LogP contribution in [0.25, 0.3) is 0 Å². The molecule has 0 aromatic rings. The van der Waals surface area contributed by atoms with Crippen LogP contribution in [0.2, 0.25) is 0 Å². The summed E-state index contributed by atoms with van der Waals surface area (Å²) in [7, 11) is 0. The van der Waals surface area contributed by atoms with E-state index in [1.54, 1.807) is 0 Å². The number of rotatable bonds is 9. The van der Waals surface area contributed by atoms with Crippen LogP contribution >= 0.6 is 12.3 Å². The molecule has 17 heavy (non-hydrogen) atoms. The van der Waals surface area contributed by atoms with Gasteiger partial charge in [-0.25, -0.2) is 0 Å². The first-order chi connectivity index (χ1) is 7.75. The summed E-state index contributed by atoms with van der Waals surface area (Å²) in [5.74, 6) is 1.49. The fourth-order valence-electron chi connectivity index (χ4n) is 0.924. The zero-order valence-electron chi connectivity index (χ0n) is 12.0. The molecule has 0 saturated carbocycles.